The van der Waals surface area contributed by atoms with E-state index in [0.29, 0.717) is 34.3 Å². The number of carboxylic acid groups (broad SMARTS) is 1. The van der Waals surface area contributed by atoms with Gasteiger partial charge in [0.2, 0.25) is 0 Å². The van der Waals surface area contributed by atoms with E-state index in [-0.39, 0.29) is 23.4 Å². The Balaban J connectivity index is 1.60. The molecule has 4 aromatic carbocycles. The fourth-order valence-electron chi connectivity index (χ4n) is 5.00. The number of aryl methyl sites for hydroxylation is 1. The zero-order valence-electron chi connectivity index (χ0n) is 23.1. The van der Waals surface area contributed by atoms with Crippen molar-refractivity contribution in [3.05, 3.63) is 107 Å². The van der Waals surface area contributed by atoms with Crippen LogP contribution >= 0.6 is 0 Å². The van der Waals surface area contributed by atoms with Gasteiger partial charge >= 0.3 is 5.97 Å². The van der Waals surface area contributed by atoms with Crippen molar-refractivity contribution in [3.63, 3.8) is 0 Å². The van der Waals surface area contributed by atoms with Crippen LogP contribution in [-0.4, -0.2) is 33.8 Å². The van der Waals surface area contributed by atoms with Crippen molar-refractivity contribution in [1.29, 1.82) is 5.26 Å². The first-order valence-corrected chi connectivity index (χ1v) is 13.4. The second kappa shape index (κ2) is 12.0. The number of hydrogen-bond donors (Lipinski definition) is 3. The number of aromatic hydroxyl groups is 1. The van der Waals surface area contributed by atoms with E-state index in [0.717, 1.165) is 22.4 Å². The number of anilines is 1. The van der Waals surface area contributed by atoms with Gasteiger partial charge in [-0.25, -0.2) is 14.2 Å². The number of nitrogens with zero attached hydrogens (tertiary/aromatic N) is 2. The van der Waals surface area contributed by atoms with Crippen molar-refractivity contribution >= 4 is 22.6 Å². The van der Waals surface area contributed by atoms with E-state index in [2.05, 4.69) is 11.4 Å². The zero-order chi connectivity index (χ0) is 29.8. The van der Waals surface area contributed by atoms with Crippen LogP contribution in [-0.2, 0) is 11.2 Å². The smallest absolute Gasteiger partial charge is 0.326 e. The Hall–Kier alpha value is -5.42. The maximum absolute atomic E-state index is 14.4. The first kappa shape index (κ1) is 28.1. The maximum atomic E-state index is 14.4. The number of carbonyl (C=O) groups is 1. The van der Waals surface area contributed by atoms with Gasteiger partial charge in [0.15, 0.2) is 0 Å². The molecule has 0 radical (unpaired) electrons. The van der Waals surface area contributed by atoms with Gasteiger partial charge in [-0.2, -0.15) is 5.26 Å². The number of fused-ring (bicyclic) bond motifs is 1. The number of nitrogens with one attached hydrogen (secondary N) is 1. The maximum Gasteiger partial charge on any atom is 0.326 e. The molecule has 0 unspecified atom stereocenters. The Morgan fingerprint density at radius 3 is 2.48 bits per heavy atom. The second-order valence-electron chi connectivity index (χ2n) is 9.84. The Kier molecular flexibility index (Phi) is 8.02. The molecule has 1 heterocycles. The molecule has 0 amide bonds. The summed E-state index contributed by atoms with van der Waals surface area (Å²) in [6, 6.07) is 25.0. The summed E-state index contributed by atoms with van der Waals surface area (Å²) in [5, 5.41) is 33.5. The lowest BCUT2D eigenvalue weighted by Gasteiger charge is -2.21. The standard InChI is InChI=1S/C34H28FN3O4/c1-3-42-31-7-5-4-6-26(31)21-8-10-22(11-9-21)32-28(19-36)33(27-18-24(35)13-15-29(27)37-32)38-30(34(40)41)17-23-12-14-25(39)16-20(23)2/h4-16,18,30,39H,3,17H2,1-2H3,(H,37,38)(H,40,41)/t30-/m0/s1. The number of phenolic OH excluding ortho intramolecular Hbond substituents is 1. The van der Waals surface area contributed by atoms with Crippen LogP contribution in [0.2, 0.25) is 0 Å². The molecular weight excluding hydrogens is 533 g/mol. The highest BCUT2D eigenvalue weighted by Crippen LogP contribution is 2.37. The topological polar surface area (TPSA) is 115 Å². The van der Waals surface area contributed by atoms with Crippen molar-refractivity contribution in [1.82, 2.24) is 4.98 Å². The fraction of sp³-hybridized carbons (Fsp3) is 0.147. The third kappa shape index (κ3) is 5.72. The average Bonchev–Trinajstić information content (AvgIpc) is 2.98. The SMILES string of the molecule is CCOc1ccccc1-c1ccc(-c2nc3ccc(F)cc3c(N[C@@H](Cc3ccc(O)cc3C)C(=O)O)c2C#N)cc1. The molecule has 3 N–H and O–H groups in total. The quantitative estimate of drug-likeness (QED) is 0.176. The summed E-state index contributed by atoms with van der Waals surface area (Å²) in [4.78, 5) is 17.1. The molecule has 5 aromatic rings. The monoisotopic (exact) mass is 561 g/mol. The van der Waals surface area contributed by atoms with Gasteiger partial charge in [0.05, 0.1) is 23.5 Å². The molecule has 0 aliphatic rings. The lowest BCUT2D eigenvalue weighted by atomic mass is 9.97. The lowest BCUT2D eigenvalue weighted by molar-refractivity contribution is -0.137. The third-order valence-electron chi connectivity index (χ3n) is 7.08. The van der Waals surface area contributed by atoms with Crippen LogP contribution < -0.4 is 10.1 Å². The molecule has 0 saturated heterocycles. The van der Waals surface area contributed by atoms with Gasteiger partial charge in [0.25, 0.3) is 0 Å². The van der Waals surface area contributed by atoms with Crippen LogP contribution in [0.4, 0.5) is 10.1 Å². The normalized spacial score (nSPS) is 11.6. The fourth-order valence-corrected chi connectivity index (χ4v) is 5.00. The van der Waals surface area contributed by atoms with Gasteiger partial charge < -0.3 is 20.3 Å². The van der Waals surface area contributed by atoms with Crippen LogP contribution in [0.5, 0.6) is 11.5 Å². The summed E-state index contributed by atoms with van der Waals surface area (Å²) in [6.45, 7) is 4.23. The van der Waals surface area contributed by atoms with Crippen molar-refractivity contribution in [2.45, 2.75) is 26.3 Å². The predicted octanol–water partition coefficient (Wildman–Crippen LogP) is 7.10. The number of aromatic nitrogens is 1. The molecule has 1 atom stereocenters. The molecule has 0 aliphatic carbocycles. The number of halogens is 1. The van der Waals surface area contributed by atoms with Crippen LogP contribution in [0, 0.1) is 24.1 Å². The van der Waals surface area contributed by atoms with Crippen molar-refractivity contribution < 1.29 is 24.1 Å². The van der Waals surface area contributed by atoms with Gasteiger partial charge in [0, 0.05) is 22.9 Å². The Labute approximate surface area is 242 Å². The predicted molar refractivity (Wildman–Crippen MR) is 160 cm³/mol. The van der Waals surface area contributed by atoms with E-state index < -0.39 is 17.8 Å². The molecule has 0 bridgehead atoms. The number of hydrogen-bond acceptors (Lipinski definition) is 6. The summed E-state index contributed by atoms with van der Waals surface area (Å²) >= 11 is 0. The number of pyridine rings is 1. The molecule has 0 fully saturated rings. The van der Waals surface area contributed by atoms with Crippen LogP contribution in [0.15, 0.2) is 84.9 Å². The van der Waals surface area contributed by atoms with Crippen molar-refractivity contribution in [3.8, 4) is 40.0 Å². The van der Waals surface area contributed by atoms with Crippen LogP contribution in [0.3, 0.4) is 0 Å². The van der Waals surface area contributed by atoms with Gasteiger partial charge in [-0.3, -0.25) is 0 Å². The van der Waals surface area contributed by atoms with Crippen LogP contribution in [0.25, 0.3) is 33.3 Å². The molecule has 1 aromatic heterocycles. The lowest BCUT2D eigenvalue weighted by Crippen LogP contribution is -2.32. The minimum absolute atomic E-state index is 0.0642. The highest BCUT2D eigenvalue weighted by atomic mass is 19.1. The van der Waals surface area contributed by atoms with Crippen molar-refractivity contribution in [2.75, 3.05) is 11.9 Å². The Morgan fingerprint density at radius 2 is 1.79 bits per heavy atom. The van der Waals surface area contributed by atoms with E-state index in [1.54, 1.807) is 19.1 Å². The van der Waals surface area contributed by atoms with Gasteiger partial charge in [0.1, 0.15) is 35.0 Å². The van der Waals surface area contributed by atoms with E-state index in [1.165, 1.54) is 24.3 Å². The number of nitriles is 1. The largest absolute Gasteiger partial charge is 0.508 e. The molecule has 7 nitrogen and oxygen atoms in total. The summed E-state index contributed by atoms with van der Waals surface area (Å²) in [5.41, 5.74) is 4.94. The molecule has 0 saturated carbocycles. The van der Waals surface area contributed by atoms with Crippen molar-refractivity contribution in [2.24, 2.45) is 0 Å². The van der Waals surface area contributed by atoms with Gasteiger partial charge in [-0.1, -0.05) is 48.5 Å². The summed E-state index contributed by atoms with van der Waals surface area (Å²) in [7, 11) is 0. The Morgan fingerprint density at radius 1 is 1.05 bits per heavy atom. The number of para-hydroxylation sites is 1. The van der Waals surface area contributed by atoms with Gasteiger partial charge in [-0.05, 0) is 66.9 Å². The van der Waals surface area contributed by atoms with E-state index in [9.17, 15) is 24.7 Å². The molecule has 8 heteroatoms. The molecule has 42 heavy (non-hydrogen) atoms. The highest BCUT2D eigenvalue weighted by molar-refractivity contribution is 5.99. The van der Waals surface area contributed by atoms with E-state index >= 15 is 0 Å². The number of benzene rings is 4. The van der Waals surface area contributed by atoms with E-state index in [4.69, 9.17) is 9.72 Å². The number of aliphatic carboxylic acids is 1. The molecule has 5 rings (SSSR count). The highest BCUT2D eigenvalue weighted by Gasteiger charge is 2.24. The summed E-state index contributed by atoms with van der Waals surface area (Å²) < 4.78 is 20.2. The number of rotatable bonds is 9. The zero-order valence-corrected chi connectivity index (χ0v) is 23.1. The number of phenols is 1. The first-order chi connectivity index (χ1) is 20.3. The van der Waals surface area contributed by atoms with E-state index in [1.807, 2.05) is 55.5 Å². The minimum atomic E-state index is -1.15. The molecular formula is C34H28FN3O4. The molecule has 210 valence electrons. The molecule has 0 aliphatic heterocycles. The second-order valence-corrected chi connectivity index (χ2v) is 9.84. The number of ether oxygens (including phenoxy) is 1. The summed E-state index contributed by atoms with van der Waals surface area (Å²) in [5.74, 6) is -0.851. The minimum Gasteiger partial charge on any atom is -0.508 e. The number of carboxylic acids is 1. The van der Waals surface area contributed by atoms with Crippen LogP contribution in [0.1, 0.15) is 23.6 Å². The summed E-state index contributed by atoms with van der Waals surface area (Å²) in [6.07, 6.45) is 0.0642. The Bertz CT molecular complexity index is 1830. The average molecular weight is 562 g/mol. The molecule has 0 spiro atoms. The van der Waals surface area contributed by atoms with Gasteiger partial charge in [-0.15, -0.1) is 0 Å². The first-order valence-electron chi connectivity index (χ1n) is 13.4. The third-order valence-corrected chi connectivity index (χ3v) is 7.08.